The molecule has 146 valence electrons. The molecule has 0 spiro atoms. The van der Waals surface area contributed by atoms with E-state index in [0.29, 0.717) is 44.9 Å². The van der Waals surface area contributed by atoms with Crippen LogP contribution < -0.4 is 0 Å². The molecule has 1 aliphatic carbocycles. The third-order valence-electron chi connectivity index (χ3n) is 5.52. The second-order valence-electron chi connectivity index (χ2n) is 7.38. The summed E-state index contributed by atoms with van der Waals surface area (Å²) in [7, 11) is 0. The van der Waals surface area contributed by atoms with E-state index in [4.69, 9.17) is 5.11 Å². The van der Waals surface area contributed by atoms with Crippen molar-refractivity contribution in [1.29, 1.82) is 0 Å². The molecule has 1 aromatic carbocycles. The van der Waals surface area contributed by atoms with Crippen molar-refractivity contribution in [2.75, 3.05) is 26.2 Å². The second-order valence-corrected chi connectivity index (χ2v) is 7.38. The number of carboxylic acids is 1. The Labute approximate surface area is 157 Å². The van der Waals surface area contributed by atoms with E-state index < -0.39 is 17.7 Å². The van der Waals surface area contributed by atoms with Crippen LogP contribution in [0.5, 0.6) is 0 Å². The lowest BCUT2D eigenvalue weighted by Crippen LogP contribution is -2.38. The first kappa shape index (κ1) is 19.3. The van der Waals surface area contributed by atoms with Gasteiger partial charge in [0, 0.05) is 32.6 Å². The first-order valence-electron chi connectivity index (χ1n) is 9.55. The minimum Gasteiger partial charge on any atom is -0.478 e. The number of aromatic carboxylic acids is 1. The monoisotopic (exact) mass is 376 g/mol. The van der Waals surface area contributed by atoms with E-state index in [2.05, 4.69) is 0 Å². The number of amides is 2. The lowest BCUT2D eigenvalue weighted by Gasteiger charge is -2.23. The highest BCUT2D eigenvalue weighted by Crippen LogP contribution is 2.28. The Hall–Kier alpha value is -2.44. The van der Waals surface area contributed by atoms with Crippen LogP contribution in [0.4, 0.5) is 4.39 Å². The molecule has 1 saturated carbocycles. The van der Waals surface area contributed by atoms with Crippen molar-refractivity contribution in [3.63, 3.8) is 0 Å². The minimum atomic E-state index is -1.24. The topological polar surface area (TPSA) is 77.9 Å². The van der Waals surface area contributed by atoms with Crippen molar-refractivity contribution in [1.82, 2.24) is 9.80 Å². The van der Waals surface area contributed by atoms with E-state index in [1.54, 1.807) is 4.90 Å². The highest BCUT2D eigenvalue weighted by atomic mass is 19.1. The van der Waals surface area contributed by atoms with E-state index in [-0.39, 0.29) is 17.0 Å². The molecule has 2 fully saturated rings. The van der Waals surface area contributed by atoms with Crippen LogP contribution in [-0.4, -0.2) is 58.9 Å². The van der Waals surface area contributed by atoms with E-state index >= 15 is 0 Å². The van der Waals surface area contributed by atoms with Crippen LogP contribution in [0.25, 0.3) is 0 Å². The van der Waals surface area contributed by atoms with Gasteiger partial charge in [0.05, 0.1) is 11.1 Å². The number of carbonyl (C=O) groups excluding carboxylic acids is 2. The number of benzene rings is 1. The van der Waals surface area contributed by atoms with Gasteiger partial charge in [0.25, 0.3) is 5.91 Å². The summed E-state index contributed by atoms with van der Waals surface area (Å²) in [4.78, 5) is 39.4. The van der Waals surface area contributed by atoms with Gasteiger partial charge in [0.1, 0.15) is 5.82 Å². The number of hydrogen-bond donors (Lipinski definition) is 1. The van der Waals surface area contributed by atoms with Gasteiger partial charge in [0.15, 0.2) is 0 Å². The standard InChI is InChI=1S/C20H25FN2O4/c21-17-13-15(20(26)27)6-7-16(17)19(25)23-9-3-8-22(10-11-23)18(24)12-14-4-1-2-5-14/h6-7,13-14H,1-5,8-12H2,(H,26,27). The molecule has 0 radical (unpaired) electrons. The molecule has 1 saturated heterocycles. The van der Waals surface area contributed by atoms with Crippen LogP contribution >= 0.6 is 0 Å². The van der Waals surface area contributed by atoms with E-state index in [9.17, 15) is 18.8 Å². The summed E-state index contributed by atoms with van der Waals surface area (Å²) in [6, 6.07) is 3.31. The molecule has 0 atom stereocenters. The Morgan fingerprint density at radius 2 is 1.67 bits per heavy atom. The molecule has 3 rings (SSSR count). The molecule has 27 heavy (non-hydrogen) atoms. The van der Waals surface area contributed by atoms with Gasteiger partial charge in [-0.1, -0.05) is 12.8 Å². The predicted octanol–water partition coefficient (Wildman–Crippen LogP) is 2.78. The third kappa shape index (κ3) is 4.64. The number of nitrogens with zero attached hydrogens (tertiary/aromatic N) is 2. The number of rotatable bonds is 4. The van der Waals surface area contributed by atoms with Gasteiger partial charge in [-0.15, -0.1) is 0 Å². The molecule has 1 heterocycles. The first-order valence-corrected chi connectivity index (χ1v) is 9.55. The van der Waals surface area contributed by atoms with Crippen LogP contribution in [0.3, 0.4) is 0 Å². The van der Waals surface area contributed by atoms with Gasteiger partial charge in [-0.2, -0.15) is 0 Å². The van der Waals surface area contributed by atoms with Gasteiger partial charge in [-0.05, 0) is 43.4 Å². The van der Waals surface area contributed by atoms with E-state index in [1.165, 1.54) is 25.0 Å². The molecule has 1 N–H and O–H groups in total. The Kier molecular flexibility index (Phi) is 6.08. The molecule has 2 aliphatic rings. The van der Waals surface area contributed by atoms with Crippen molar-refractivity contribution in [2.45, 2.75) is 38.5 Å². The van der Waals surface area contributed by atoms with Gasteiger partial charge >= 0.3 is 5.97 Å². The summed E-state index contributed by atoms with van der Waals surface area (Å²) in [6.45, 7) is 1.86. The van der Waals surface area contributed by atoms with Crippen molar-refractivity contribution in [2.24, 2.45) is 5.92 Å². The molecule has 6 nitrogen and oxygen atoms in total. The molecule has 2 amide bonds. The zero-order chi connectivity index (χ0) is 19.4. The Bertz CT molecular complexity index is 731. The van der Waals surface area contributed by atoms with Crippen LogP contribution in [0.2, 0.25) is 0 Å². The average Bonchev–Trinajstić information content (AvgIpc) is 3.02. The van der Waals surface area contributed by atoms with Crippen molar-refractivity contribution in [3.05, 3.63) is 35.1 Å². The SMILES string of the molecule is O=C(O)c1ccc(C(=O)N2CCCN(C(=O)CC3CCCC3)CC2)c(F)c1. The van der Waals surface area contributed by atoms with Gasteiger partial charge in [-0.25, -0.2) is 9.18 Å². The van der Waals surface area contributed by atoms with Crippen molar-refractivity contribution in [3.8, 4) is 0 Å². The molecule has 1 aliphatic heterocycles. The normalized spacial score (nSPS) is 18.4. The zero-order valence-electron chi connectivity index (χ0n) is 15.3. The summed E-state index contributed by atoms with van der Waals surface area (Å²) in [5.74, 6) is -1.90. The number of hydrogen-bond acceptors (Lipinski definition) is 3. The average molecular weight is 376 g/mol. The molecule has 1 aromatic rings. The molecule has 7 heteroatoms. The maximum absolute atomic E-state index is 14.2. The van der Waals surface area contributed by atoms with Crippen LogP contribution in [0.15, 0.2) is 18.2 Å². The molecule has 0 bridgehead atoms. The zero-order valence-corrected chi connectivity index (χ0v) is 15.3. The largest absolute Gasteiger partial charge is 0.478 e. The lowest BCUT2D eigenvalue weighted by molar-refractivity contribution is -0.132. The number of halogens is 1. The second kappa shape index (κ2) is 8.50. The minimum absolute atomic E-state index is 0.134. The van der Waals surface area contributed by atoms with Crippen molar-refractivity contribution < 1.29 is 23.9 Å². The maximum atomic E-state index is 14.2. The molecule has 0 unspecified atom stereocenters. The van der Waals surface area contributed by atoms with Crippen LogP contribution in [0, 0.1) is 11.7 Å². The fourth-order valence-corrected chi connectivity index (χ4v) is 3.95. The molecule has 0 aromatic heterocycles. The number of carboxylic acid groups (broad SMARTS) is 1. The third-order valence-corrected chi connectivity index (χ3v) is 5.52. The summed E-state index contributed by atoms with van der Waals surface area (Å²) < 4.78 is 14.2. The first-order chi connectivity index (χ1) is 13.0. The predicted molar refractivity (Wildman–Crippen MR) is 97.0 cm³/mol. The van der Waals surface area contributed by atoms with Crippen LogP contribution in [0.1, 0.15) is 59.2 Å². The fourth-order valence-electron chi connectivity index (χ4n) is 3.95. The highest BCUT2D eigenvalue weighted by Gasteiger charge is 2.26. The Balaban J connectivity index is 1.61. The summed E-state index contributed by atoms with van der Waals surface area (Å²) in [5, 5.41) is 8.91. The molecular formula is C20H25FN2O4. The summed E-state index contributed by atoms with van der Waals surface area (Å²) >= 11 is 0. The lowest BCUT2D eigenvalue weighted by atomic mass is 10.0. The smallest absolute Gasteiger partial charge is 0.335 e. The molecular weight excluding hydrogens is 351 g/mol. The summed E-state index contributed by atoms with van der Waals surface area (Å²) in [6.07, 6.45) is 5.88. The van der Waals surface area contributed by atoms with Crippen LogP contribution in [-0.2, 0) is 4.79 Å². The van der Waals surface area contributed by atoms with Gasteiger partial charge in [-0.3, -0.25) is 9.59 Å². The van der Waals surface area contributed by atoms with Gasteiger partial charge < -0.3 is 14.9 Å². The Morgan fingerprint density at radius 3 is 2.33 bits per heavy atom. The van der Waals surface area contributed by atoms with Crippen molar-refractivity contribution >= 4 is 17.8 Å². The van der Waals surface area contributed by atoms with Gasteiger partial charge in [0.2, 0.25) is 5.91 Å². The quantitative estimate of drug-likeness (QED) is 0.877. The highest BCUT2D eigenvalue weighted by molar-refractivity contribution is 5.96. The maximum Gasteiger partial charge on any atom is 0.335 e. The Morgan fingerprint density at radius 1 is 1.00 bits per heavy atom. The number of carbonyl (C=O) groups is 3. The fraction of sp³-hybridized carbons (Fsp3) is 0.550. The van der Waals surface area contributed by atoms with E-state index in [0.717, 1.165) is 18.9 Å². The van der Waals surface area contributed by atoms with E-state index in [1.807, 2.05) is 4.90 Å². The summed E-state index contributed by atoms with van der Waals surface area (Å²) in [5.41, 5.74) is -0.325.